The molecule has 212 valence electrons. The third kappa shape index (κ3) is 10.4. The Balaban J connectivity index is 0.000000673. The number of likely N-dealkylation sites (tertiary alicyclic amines) is 1. The first-order valence-electron chi connectivity index (χ1n) is 12.3. The molecule has 0 aromatic heterocycles. The highest BCUT2D eigenvalue weighted by Gasteiger charge is 2.38. The molecule has 0 spiro atoms. The molecule has 9 nitrogen and oxygen atoms in total. The Labute approximate surface area is 224 Å². The number of rotatable bonds is 8. The summed E-state index contributed by atoms with van der Waals surface area (Å²) in [4.78, 5) is 48.1. The van der Waals surface area contributed by atoms with Crippen molar-refractivity contribution in [2.75, 3.05) is 38.7 Å². The van der Waals surface area contributed by atoms with Gasteiger partial charge in [-0.3, -0.25) is 14.4 Å². The number of hydrogen-bond acceptors (Lipinski definition) is 5. The largest absolute Gasteiger partial charge is 0.490 e. The average molecular weight is 552 g/mol. The van der Waals surface area contributed by atoms with Gasteiger partial charge in [0.05, 0.1) is 0 Å². The molecule has 0 radical (unpaired) electrons. The number of amides is 3. The molecule has 0 unspecified atom stereocenters. The predicted molar refractivity (Wildman–Crippen MR) is 137 cm³/mol. The van der Waals surface area contributed by atoms with Crippen LogP contribution in [0.4, 0.5) is 18.9 Å². The number of piperidine rings is 1. The third-order valence-electron chi connectivity index (χ3n) is 5.92. The van der Waals surface area contributed by atoms with E-state index in [1.54, 1.807) is 48.4 Å². The lowest BCUT2D eigenvalue weighted by atomic mass is 9.95. The Morgan fingerprint density at radius 2 is 1.51 bits per heavy atom. The van der Waals surface area contributed by atoms with Crippen molar-refractivity contribution in [1.29, 1.82) is 0 Å². The summed E-state index contributed by atoms with van der Waals surface area (Å²) in [6, 6.07) is 14.3. The molecule has 3 N–H and O–H groups in total. The number of carbonyl (C=O) groups excluding carboxylic acids is 3. The van der Waals surface area contributed by atoms with Gasteiger partial charge in [-0.05, 0) is 62.6 Å². The van der Waals surface area contributed by atoms with Gasteiger partial charge in [-0.2, -0.15) is 13.2 Å². The van der Waals surface area contributed by atoms with Gasteiger partial charge < -0.3 is 25.4 Å². The molecule has 1 aliphatic rings. The number of nitrogens with zero attached hydrogens (tertiary/aromatic N) is 1. The molecule has 0 bridgehead atoms. The summed E-state index contributed by atoms with van der Waals surface area (Å²) in [5.74, 6) is -3.00. The number of aliphatic carboxylic acids is 1. The monoisotopic (exact) mass is 551 g/mol. The fourth-order valence-corrected chi connectivity index (χ4v) is 3.70. The number of aryl methyl sites for hydroxylation is 1. The van der Waals surface area contributed by atoms with E-state index in [-0.39, 0.29) is 23.6 Å². The summed E-state index contributed by atoms with van der Waals surface area (Å²) in [5.41, 5.74) is 2.88. The van der Waals surface area contributed by atoms with Gasteiger partial charge in [0, 0.05) is 56.1 Å². The molecule has 0 aliphatic carbocycles. The van der Waals surface area contributed by atoms with Crippen LogP contribution >= 0.6 is 0 Å². The van der Waals surface area contributed by atoms with E-state index in [1.165, 1.54) is 0 Å². The molecule has 1 aliphatic heterocycles. The zero-order chi connectivity index (χ0) is 29.0. The highest BCUT2D eigenvalue weighted by Crippen LogP contribution is 2.20. The number of ether oxygens (including phenoxy) is 1. The maximum absolute atomic E-state index is 12.8. The zero-order valence-corrected chi connectivity index (χ0v) is 21.7. The van der Waals surface area contributed by atoms with Gasteiger partial charge in [0.2, 0.25) is 5.91 Å². The molecule has 1 fully saturated rings. The number of alkyl halides is 3. The Kier molecular flexibility index (Phi) is 11.9. The highest BCUT2D eigenvalue weighted by atomic mass is 19.4. The lowest BCUT2D eigenvalue weighted by Gasteiger charge is -2.31. The smallest absolute Gasteiger partial charge is 0.475 e. The number of halogens is 3. The summed E-state index contributed by atoms with van der Waals surface area (Å²) < 4.78 is 36.7. The van der Waals surface area contributed by atoms with E-state index < -0.39 is 12.1 Å². The number of hydrogen-bond donors (Lipinski definition) is 3. The fourth-order valence-electron chi connectivity index (χ4n) is 3.70. The van der Waals surface area contributed by atoms with Crippen molar-refractivity contribution in [3.8, 4) is 0 Å². The van der Waals surface area contributed by atoms with E-state index in [2.05, 4.69) is 10.6 Å². The predicted octanol–water partition coefficient (Wildman–Crippen LogP) is 3.89. The Morgan fingerprint density at radius 3 is 2.03 bits per heavy atom. The van der Waals surface area contributed by atoms with E-state index in [1.807, 2.05) is 19.1 Å². The van der Waals surface area contributed by atoms with Gasteiger partial charge in [0.15, 0.2) is 0 Å². The molecular formula is C27H32F3N3O6. The van der Waals surface area contributed by atoms with Gasteiger partial charge >= 0.3 is 12.1 Å². The van der Waals surface area contributed by atoms with Crippen molar-refractivity contribution in [2.24, 2.45) is 5.92 Å². The number of carbonyl (C=O) groups is 4. The van der Waals surface area contributed by atoms with Gasteiger partial charge in [-0.1, -0.05) is 17.7 Å². The first-order chi connectivity index (χ1) is 18.4. The Hall–Kier alpha value is -3.93. The normalized spacial score (nSPS) is 13.6. The first-order valence-corrected chi connectivity index (χ1v) is 12.3. The fraction of sp³-hybridized carbons (Fsp3) is 0.407. The van der Waals surface area contributed by atoms with E-state index in [9.17, 15) is 27.6 Å². The van der Waals surface area contributed by atoms with Crippen LogP contribution in [0, 0.1) is 12.8 Å². The Morgan fingerprint density at radius 1 is 0.974 bits per heavy atom. The van der Waals surface area contributed by atoms with Crippen molar-refractivity contribution in [2.45, 2.75) is 32.4 Å². The SMILES string of the molecule is COCCCNC(=O)C1CCN(C(=O)c2ccc(NC(=O)c3ccc(C)cc3)cc2)CC1.O=C(O)C(F)(F)F. The summed E-state index contributed by atoms with van der Waals surface area (Å²) in [6.45, 7) is 4.32. The van der Waals surface area contributed by atoms with Crippen LogP contribution in [-0.4, -0.2) is 73.2 Å². The van der Waals surface area contributed by atoms with Gasteiger partial charge in [0.25, 0.3) is 11.8 Å². The number of nitrogens with one attached hydrogen (secondary N) is 2. The first kappa shape index (κ1) is 31.3. The summed E-state index contributed by atoms with van der Waals surface area (Å²) in [6.07, 6.45) is -2.97. The van der Waals surface area contributed by atoms with Crippen molar-refractivity contribution in [3.63, 3.8) is 0 Å². The minimum Gasteiger partial charge on any atom is -0.475 e. The van der Waals surface area contributed by atoms with Crippen LogP contribution in [0.1, 0.15) is 45.5 Å². The van der Waals surface area contributed by atoms with Crippen LogP contribution in [0.5, 0.6) is 0 Å². The van der Waals surface area contributed by atoms with E-state index in [0.29, 0.717) is 55.9 Å². The molecule has 3 rings (SSSR count). The second-order valence-corrected chi connectivity index (χ2v) is 8.90. The summed E-state index contributed by atoms with van der Waals surface area (Å²) in [7, 11) is 1.64. The van der Waals surface area contributed by atoms with E-state index >= 15 is 0 Å². The maximum Gasteiger partial charge on any atom is 0.490 e. The zero-order valence-electron chi connectivity index (χ0n) is 21.7. The van der Waals surface area contributed by atoms with Crippen LogP contribution in [0.3, 0.4) is 0 Å². The molecule has 12 heteroatoms. The molecule has 0 atom stereocenters. The van der Waals surface area contributed by atoms with Crippen LogP contribution in [0.2, 0.25) is 0 Å². The Bertz CT molecular complexity index is 1110. The number of carboxylic acids is 1. The number of carboxylic acid groups (broad SMARTS) is 1. The second-order valence-electron chi connectivity index (χ2n) is 8.90. The van der Waals surface area contributed by atoms with E-state index in [0.717, 1.165) is 12.0 Å². The molecule has 1 saturated heterocycles. The van der Waals surface area contributed by atoms with Gasteiger partial charge in [-0.15, -0.1) is 0 Å². The highest BCUT2D eigenvalue weighted by molar-refractivity contribution is 6.04. The lowest BCUT2D eigenvalue weighted by Crippen LogP contribution is -2.43. The molecule has 2 aromatic carbocycles. The maximum atomic E-state index is 12.8. The van der Waals surface area contributed by atoms with Gasteiger partial charge in [0.1, 0.15) is 0 Å². The van der Waals surface area contributed by atoms with Crippen LogP contribution < -0.4 is 10.6 Å². The van der Waals surface area contributed by atoms with Crippen molar-refractivity contribution >= 4 is 29.4 Å². The third-order valence-corrected chi connectivity index (χ3v) is 5.92. The summed E-state index contributed by atoms with van der Waals surface area (Å²) >= 11 is 0. The molecular weight excluding hydrogens is 519 g/mol. The number of methoxy groups -OCH3 is 1. The second kappa shape index (κ2) is 14.9. The number of anilines is 1. The van der Waals surface area contributed by atoms with Crippen molar-refractivity contribution < 1.29 is 42.2 Å². The minimum atomic E-state index is -5.08. The average Bonchev–Trinajstić information content (AvgIpc) is 2.91. The lowest BCUT2D eigenvalue weighted by molar-refractivity contribution is -0.192. The van der Waals surface area contributed by atoms with E-state index in [4.69, 9.17) is 14.6 Å². The standard InChI is InChI=1S/C25H31N3O4.C2HF3O2/c1-18-4-6-19(7-5-18)24(30)27-22-10-8-21(9-11-22)25(31)28-15-12-20(13-16-28)23(29)26-14-3-17-32-2;3-2(4,5)1(6)7/h4-11,20H,3,12-17H2,1-2H3,(H,26,29)(H,27,30);(H,6,7). The molecule has 2 aromatic rings. The topological polar surface area (TPSA) is 125 Å². The number of benzene rings is 2. The van der Waals surface area contributed by atoms with Gasteiger partial charge in [-0.25, -0.2) is 4.79 Å². The molecule has 3 amide bonds. The van der Waals surface area contributed by atoms with Crippen molar-refractivity contribution in [1.82, 2.24) is 10.2 Å². The minimum absolute atomic E-state index is 0.0547. The summed E-state index contributed by atoms with van der Waals surface area (Å²) in [5, 5.41) is 12.9. The van der Waals surface area contributed by atoms with Crippen LogP contribution in [0.15, 0.2) is 48.5 Å². The molecule has 0 saturated carbocycles. The van der Waals surface area contributed by atoms with Crippen LogP contribution in [-0.2, 0) is 14.3 Å². The molecule has 39 heavy (non-hydrogen) atoms. The quantitative estimate of drug-likeness (QED) is 0.428. The van der Waals surface area contributed by atoms with Crippen molar-refractivity contribution in [3.05, 3.63) is 65.2 Å². The van der Waals surface area contributed by atoms with Crippen LogP contribution in [0.25, 0.3) is 0 Å². The molecule has 1 heterocycles.